The quantitative estimate of drug-likeness (QED) is 0.490. The van der Waals surface area contributed by atoms with E-state index in [0.717, 1.165) is 25.3 Å². The van der Waals surface area contributed by atoms with Gasteiger partial charge in [-0.1, -0.05) is 50.5 Å². The molecule has 1 aromatic heterocycles. The predicted octanol–water partition coefficient (Wildman–Crippen LogP) is 5.06. The number of halogens is 1. The molecule has 1 saturated carbocycles. The minimum Gasteiger partial charge on any atom is -0.477 e. The number of hydrogen-bond donors (Lipinski definition) is 2. The number of carbonyl (C=O) groups excluding carboxylic acids is 1. The molecule has 32 heavy (non-hydrogen) atoms. The van der Waals surface area contributed by atoms with Crippen LogP contribution in [0.15, 0.2) is 30.3 Å². The van der Waals surface area contributed by atoms with E-state index in [1.165, 1.54) is 0 Å². The number of nitrogens with one attached hydrogen (secondary N) is 1. The molecule has 2 N–H and O–H groups in total. The van der Waals surface area contributed by atoms with Crippen LogP contribution >= 0.6 is 11.6 Å². The molecule has 174 valence electrons. The Morgan fingerprint density at radius 2 is 1.81 bits per heavy atom. The van der Waals surface area contributed by atoms with Crippen LogP contribution in [-0.4, -0.2) is 48.0 Å². The topological polar surface area (TPSA) is 93.6 Å². The van der Waals surface area contributed by atoms with Crippen molar-refractivity contribution in [3.05, 3.63) is 40.9 Å². The van der Waals surface area contributed by atoms with Crippen molar-refractivity contribution in [2.24, 2.45) is 0 Å². The Bertz CT molecular complexity index is 912. The van der Waals surface area contributed by atoms with Crippen molar-refractivity contribution in [3.8, 4) is 17.5 Å². The lowest BCUT2D eigenvalue weighted by Crippen LogP contribution is -2.44. The van der Waals surface area contributed by atoms with Crippen molar-refractivity contribution in [2.45, 2.75) is 63.4 Å². The van der Waals surface area contributed by atoms with E-state index in [-0.39, 0.29) is 23.9 Å². The fraction of sp³-hybridized carbons (Fsp3) is 0.522. The van der Waals surface area contributed by atoms with Crippen LogP contribution in [0.3, 0.4) is 0 Å². The molecule has 1 aliphatic rings. The molecule has 1 fully saturated rings. The van der Waals surface area contributed by atoms with Gasteiger partial charge >= 0.3 is 0 Å². The summed E-state index contributed by atoms with van der Waals surface area (Å²) in [6.45, 7) is 7.69. The van der Waals surface area contributed by atoms with Gasteiger partial charge in [-0.3, -0.25) is 4.79 Å². The van der Waals surface area contributed by atoms with Crippen molar-refractivity contribution in [2.75, 3.05) is 13.2 Å². The maximum Gasteiger partial charge on any atom is 0.253 e. The van der Waals surface area contributed by atoms with E-state index in [1.54, 1.807) is 30.3 Å². The molecule has 1 aromatic carbocycles. The SMILES string of the molecule is C[Si](C)(C)CCOc1ccc(Oc2ccc(Cl)c(C(=O)NCC3(O)CCCCC3)c2)nn1. The van der Waals surface area contributed by atoms with Crippen LogP contribution in [0.5, 0.6) is 17.5 Å². The summed E-state index contributed by atoms with van der Waals surface area (Å²) in [6.07, 6.45) is 4.45. The van der Waals surface area contributed by atoms with Crippen molar-refractivity contribution in [1.82, 2.24) is 15.5 Å². The number of amides is 1. The minimum absolute atomic E-state index is 0.206. The van der Waals surface area contributed by atoms with Crippen LogP contribution in [0, 0.1) is 0 Å². The van der Waals surface area contributed by atoms with Crippen molar-refractivity contribution >= 4 is 25.6 Å². The first-order valence-electron chi connectivity index (χ1n) is 11.1. The van der Waals surface area contributed by atoms with Crippen LogP contribution in [0.25, 0.3) is 0 Å². The van der Waals surface area contributed by atoms with Gasteiger partial charge in [0, 0.05) is 26.8 Å². The molecule has 3 rings (SSSR count). The maximum atomic E-state index is 12.7. The number of hydrogen-bond acceptors (Lipinski definition) is 6. The fourth-order valence-electron chi connectivity index (χ4n) is 3.49. The first kappa shape index (κ1) is 24.5. The highest BCUT2D eigenvalue weighted by molar-refractivity contribution is 6.76. The Labute approximate surface area is 195 Å². The molecule has 1 aliphatic carbocycles. The third kappa shape index (κ3) is 7.46. The first-order valence-corrected chi connectivity index (χ1v) is 15.2. The Balaban J connectivity index is 1.58. The Morgan fingerprint density at radius 1 is 1.12 bits per heavy atom. The number of rotatable bonds is 9. The summed E-state index contributed by atoms with van der Waals surface area (Å²) in [5.74, 6) is 0.800. The van der Waals surface area contributed by atoms with Gasteiger partial charge in [-0.25, -0.2) is 0 Å². The van der Waals surface area contributed by atoms with Gasteiger partial charge in [-0.15, -0.1) is 10.2 Å². The van der Waals surface area contributed by atoms with Crippen LogP contribution in [-0.2, 0) is 0 Å². The Hall–Kier alpha value is -2.16. The molecule has 2 aromatic rings. The zero-order valence-electron chi connectivity index (χ0n) is 19.0. The molecule has 0 radical (unpaired) electrons. The summed E-state index contributed by atoms with van der Waals surface area (Å²) in [4.78, 5) is 12.7. The van der Waals surface area contributed by atoms with Crippen LogP contribution in [0.2, 0.25) is 30.7 Å². The van der Waals surface area contributed by atoms with Gasteiger partial charge in [-0.05, 0) is 37.1 Å². The molecule has 0 atom stereocenters. The van der Waals surface area contributed by atoms with Crippen molar-refractivity contribution < 1.29 is 19.4 Å². The zero-order valence-corrected chi connectivity index (χ0v) is 20.7. The molecular formula is C23H32ClN3O4Si. The summed E-state index contributed by atoms with van der Waals surface area (Å²) in [7, 11) is -1.17. The average molecular weight is 478 g/mol. The molecule has 1 amide bonds. The highest BCUT2D eigenvalue weighted by Gasteiger charge is 2.29. The van der Waals surface area contributed by atoms with Gasteiger partial charge in [-0.2, -0.15) is 0 Å². The van der Waals surface area contributed by atoms with Gasteiger partial charge < -0.3 is 19.9 Å². The molecule has 1 heterocycles. The van der Waals surface area contributed by atoms with Gasteiger partial charge in [0.05, 0.1) is 22.8 Å². The van der Waals surface area contributed by atoms with Gasteiger partial charge in [0.25, 0.3) is 5.91 Å². The van der Waals surface area contributed by atoms with Crippen LogP contribution < -0.4 is 14.8 Å². The number of aliphatic hydroxyl groups is 1. The Morgan fingerprint density at radius 3 is 2.47 bits per heavy atom. The predicted molar refractivity (Wildman–Crippen MR) is 128 cm³/mol. The number of carbonyl (C=O) groups is 1. The molecule has 0 bridgehead atoms. The summed E-state index contributed by atoms with van der Waals surface area (Å²) < 4.78 is 11.4. The molecule has 0 spiro atoms. The third-order valence-electron chi connectivity index (χ3n) is 5.48. The van der Waals surface area contributed by atoms with E-state index in [0.29, 0.717) is 36.1 Å². The molecular weight excluding hydrogens is 446 g/mol. The van der Waals surface area contributed by atoms with E-state index < -0.39 is 13.7 Å². The second-order valence-corrected chi connectivity index (χ2v) is 15.6. The monoisotopic (exact) mass is 477 g/mol. The minimum atomic E-state index is -1.17. The van der Waals surface area contributed by atoms with Gasteiger partial charge in [0.1, 0.15) is 5.75 Å². The largest absolute Gasteiger partial charge is 0.477 e. The summed E-state index contributed by atoms with van der Waals surface area (Å²) in [5, 5.41) is 21.8. The van der Waals surface area contributed by atoms with E-state index in [4.69, 9.17) is 21.1 Å². The smallest absolute Gasteiger partial charge is 0.253 e. The molecule has 9 heteroatoms. The number of ether oxygens (including phenoxy) is 2. The maximum absolute atomic E-state index is 12.7. The van der Waals surface area contributed by atoms with Crippen molar-refractivity contribution in [1.29, 1.82) is 0 Å². The lowest BCUT2D eigenvalue weighted by atomic mass is 9.85. The third-order valence-corrected chi connectivity index (χ3v) is 7.52. The summed E-state index contributed by atoms with van der Waals surface area (Å²) in [5.41, 5.74) is -0.564. The fourth-order valence-corrected chi connectivity index (χ4v) is 4.41. The number of benzene rings is 1. The van der Waals surface area contributed by atoms with Gasteiger partial charge in [0.2, 0.25) is 11.8 Å². The van der Waals surface area contributed by atoms with Gasteiger partial charge in [0.15, 0.2) is 0 Å². The average Bonchev–Trinajstić information content (AvgIpc) is 2.74. The van der Waals surface area contributed by atoms with Crippen LogP contribution in [0.1, 0.15) is 42.5 Å². The van der Waals surface area contributed by atoms with Crippen molar-refractivity contribution in [3.63, 3.8) is 0 Å². The second-order valence-electron chi connectivity index (χ2n) is 9.58. The molecule has 0 aliphatic heterocycles. The zero-order chi connectivity index (χ0) is 23.2. The first-order chi connectivity index (χ1) is 15.1. The summed E-state index contributed by atoms with van der Waals surface area (Å²) >= 11 is 6.23. The highest BCUT2D eigenvalue weighted by Crippen LogP contribution is 2.29. The number of aromatic nitrogens is 2. The van der Waals surface area contributed by atoms with E-state index in [2.05, 4.69) is 35.2 Å². The number of nitrogens with zero attached hydrogens (tertiary/aromatic N) is 2. The molecule has 7 nitrogen and oxygen atoms in total. The Kier molecular flexibility index (Phi) is 8.14. The highest BCUT2D eigenvalue weighted by atomic mass is 35.5. The van der Waals surface area contributed by atoms with E-state index in [1.807, 2.05) is 0 Å². The van der Waals surface area contributed by atoms with E-state index in [9.17, 15) is 9.90 Å². The summed E-state index contributed by atoms with van der Waals surface area (Å²) in [6, 6.07) is 9.24. The standard InChI is InChI=1S/C23H32ClN3O4Si/c1-32(2,3)14-13-30-20-9-10-21(27-26-20)31-17-7-8-19(24)18(15-17)22(28)25-16-23(29)11-5-4-6-12-23/h7-10,15,29H,4-6,11-14,16H2,1-3H3,(H,25,28). The van der Waals surface area contributed by atoms with E-state index >= 15 is 0 Å². The normalized spacial score (nSPS) is 15.8. The molecule has 0 unspecified atom stereocenters. The molecule has 0 saturated heterocycles. The lowest BCUT2D eigenvalue weighted by Gasteiger charge is -2.32. The second kappa shape index (κ2) is 10.6. The van der Waals surface area contributed by atoms with Crippen LogP contribution in [0.4, 0.5) is 0 Å². The lowest BCUT2D eigenvalue weighted by molar-refractivity contribution is 0.00525.